The highest BCUT2D eigenvalue weighted by Gasteiger charge is 2.40. The van der Waals surface area contributed by atoms with E-state index in [1.165, 1.54) is 21.6 Å². The lowest BCUT2D eigenvalue weighted by Gasteiger charge is -2.13. The number of para-hydroxylation sites is 2. The molecule has 2 aromatic carbocycles. The molecule has 2 unspecified atom stereocenters. The van der Waals surface area contributed by atoms with Crippen molar-refractivity contribution in [1.29, 1.82) is 0 Å². The largest absolute Gasteiger partial charge is 0.329 e. The Morgan fingerprint density at radius 3 is 1.37 bits per heavy atom. The molecule has 2 atom stereocenters. The number of hydrogen-bond acceptors (Lipinski definition) is 6. The number of carbonyl (C=O) groups is 4. The molecule has 8 nitrogen and oxygen atoms in total. The summed E-state index contributed by atoms with van der Waals surface area (Å²) in [5.74, 6) is 0.102. The fourth-order valence-corrected chi connectivity index (χ4v) is 5.47. The van der Waals surface area contributed by atoms with Crippen LogP contribution in [0, 0.1) is 0 Å². The Hall–Kier alpha value is -2.98. The maximum Gasteiger partial charge on any atom is 0.329 e. The Balaban J connectivity index is 1.28. The van der Waals surface area contributed by atoms with Gasteiger partial charge in [0.2, 0.25) is 0 Å². The summed E-state index contributed by atoms with van der Waals surface area (Å²) >= 11 is 0. The Morgan fingerprint density at radius 1 is 0.633 bits per heavy atom. The molecule has 2 aliphatic heterocycles. The van der Waals surface area contributed by atoms with Crippen molar-refractivity contribution in [2.45, 2.75) is 12.1 Å². The number of urea groups is 2. The van der Waals surface area contributed by atoms with Gasteiger partial charge in [0.25, 0.3) is 11.8 Å². The van der Waals surface area contributed by atoms with Crippen molar-refractivity contribution in [3.8, 4) is 0 Å². The average molecular weight is 443 g/mol. The van der Waals surface area contributed by atoms with E-state index in [9.17, 15) is 19.2 Å². The number of anilines is 2. The topological polar surface area (TPSA) is 98.8 Å². The van der Waals surface area contributed by atoms with Crippen LogP contribution >= 0.6 is 21.6 Å². The molecular formula is C20H18N4O4S2. The second kappa shape index (κ2) is 8.80. The van der Waals surface area contributed by atoms with Crippen molar-refractivity contribution in [1.82, 2.24) is 10.6 Å². The smallest absolute Gasteiger partial charge is 0.325 e. The number of rotatable bonds is 7. The number of nitrogens with zero attached hydrogens (tertiary/aromatic N) is 2. The molecule has 2 fully saturated rings. The minimum absolute atomic E-state index is 0.306. The third kappa shape index (κ3) is 4.01. The second-order valence-electron chi connectivity index (χ2n) is 6.59. The summed E-state index contributed by atoms with van der Waals surface area (Å²) in [7, 11) is 2.75. The number of amides is 6. The molecule has 4 rings (SSSR count). The minimum atomic E-state index is -0.634. The summed E-state index contributed by atoms with van der Waals surface area (Å²) < 4.78 is 0. The Labute approximate surface area is 180 Å². The fourth-order valence-electron chi connectivity index (χ4n) is 3.16. The van der Waals surface area contributed by atoms with Crippen LogP contribution in [0.5, 0.6) is 0 Å². The van der Waals surface area contributed by atoms with Crippen LogP contribution in [0.1, 0.15) is 0 Å². The number of benzene rings is 2. The Kier molecular flexibility index (Phi) is 5.96. The molecule has 2 heterocycles. The van der Waals surface area contributed by atoms with E-state index in [1.807, 2.05) is 12.1 Å². The van der Waals surface area contributed by atoms with Crippen molar-refractivity contribution in [2.75, 3.05) is 21.3 Å². The van der Waals surface area contributed by atoms with Gasteiger partial charge in [0, 0.05) is 11.5 Å². The van der Waals surface area contributed by atoms with E-state index in [0.717, 1.165) is 9.80 Å². The van der Waals surface area contributed by atoms with Crippen LogP contribution in [-0.4, -0.2) is 47.5 Å². The molecule has 0 radical (unpaired) electrons. The third-order valence-corrected chi connectivity index (χ3v) is 7.04. The summed E-state index contributed by atoms with van der Waals surface area (Å²) in [6, 6.07) is 15.3. The molecule has 10 heteroatoms. The molecule has 0 aliphatic carbocycles. The van der Waals surface area contributed by atoms with Gasteiger partial charge in [-0.1, -0.05) is 58.0 Å². The van der Waals surface area contributed by atoms with Gasteiger partial charge >= 0.3 is 12.1 Å². The van der Waals surface area contributed by atoms with E-state index in [4.69, 9.17) is 0 Å². The van der Waals surface area contributed by atoms with E-state index >= 15 is 0 Å². The van der Waals surface area contributed by atoms with E-state index in [-0.39, 0.29) is 11.8 Å². The average Bonchev–Trinajstić information content (AvgIpc) is 3.20. The molecule has 2 aliphatic rings. The van der Waals surface area contributed by atoms with Crippen LogP contribution in [0.4, 0.5) is 21.0 Å². The standard InChI is InChI=1S/C20H18N4O4S2/c25-17-15(21-19(27)23(17)13-7-3-1-4-8-13)11-29-30-12-16-18(26)24(20(28)22-16)14-9-5-2-6-10-14/h1-10,15-16H,11-12H2,(H,21,27)(H,22,28). The monoisotopic (exact) mass is 442 g/mol. The number of imide groups is 2. The molecule has 2 N–H and O–H groups in total. The molecule has 0 saturated carbocycles. The van der Waals surface area contributed by atoms with Gasteiger partial charge < -0.3 is 10.6 Å². The minimum Gasteiger partial charge on any atom is -0.325 e. The van der Waals surface area contributed by atoms with Crippen molar-refractivity contribution in [3.05, 3.63) is 60.7 Å². The first kappa shape index (κ1) is 20.3. The van der Waals surface area contributed by atoms with Crippen LogP contribution in [0.2, 0.25) is 0 Å². The van der Waals surface area contributed by atoms with Gasteiger partial charge in [-0.3, -0.25) is 9.59 Å². The van der Waals surface area contributed by atoms with Crippen molar-refractivity contribution >= 4 is 56.8 Å². The van der Waals surface area contributed by atoms with E-state index in [0.29, 0.717) is 22.9 Å². The van der Waals surface area contributed by atoms with E-state index in [2.05, 4.69) is 10.6 Å². The Morgan fingerprint density at radius 2 is 1.00 bits per heavy atom. The Bertz CT molecular complexity index is 894. The van der Waals surface area contributed by atoms with Crippen LogP contribution in [-0.2, 0) is 9.59 Å². The summed E-state index contributed by atoms with van der Waals surface area (Å²) in [5.41, 5.74) is 1.06. The lowest BCUT2D eigenvalue weighted by molar-refractivity contribution is -0.118. The van der Waals surface area contributed by atoms with E-state index in [1.54, 1.807) is 48.5 Å². The van der Waals surface area contributed by atoms with Gasteiger partial charge in [-0.05, 0) is 24.3 Å². The zero-order valence-corrected chi connectivity index (χ0v) is 17.3. The zero-order chi connectivity index (χ0) is 21.1. The van der Waals surface area contributed by atoms with Gasteiger partial charge in [0.1, 0.15) is 12.1 Å². The van der Waals surface area contributed by atoms with E-state index < -0.39 is 24.1 Å². The fraction of sp³-hybridized carbons (Fsp3) is 0.200. The third-order valence-electron chi connectivity index (χ3n) is 4.62. The highest BCUT2D eigenvalue weighted by molar-refractivity contribution is 8.76. The molecule has 6 amide bonds. The molecular weight excluding hydrogens is 424 g/mol. The van der Waals surface area contributed by atoms with Crippen LogP contribution in [0.3, 0.4) is 0 Å². The van der Waals surface area contributed by atoms with Crippen LogP contribution in [0.25, 0.3) is 0 Å². The summed E-state index contributed by atoms with van der Waals surface area (Å²) in [6.07, 6.45) is 0. The summed E-state index contributed by atoms with van der Waals surface area (Å²) in [6.45, 7) is 0. The predicted octanol–water partition coefficient (Wildman–Crippen LogP) is 2.62. The first-order chi connectivity index (χ1) is 14.6. The summed E-state index contributed by atoms with van der Waals surface area (Å²) in [4.78, 5) is 51.7. The first-order valence-corrected chi connectivity index (χ1v) is 11.7. The number of carbonyl (C=O) groups excluding carboxylic acids is 4. The molecule has 2 aromatic rings. The van der Waals surface area contributed by atoms with Crippen molar-refractivity contribution in [3.63, 3.8) is 0 Å². The molecule has 0 spiro atoms. The van der Waals surface area contributed by atoms with Gasteiger partial charge in [0.15, 0.2) is 0 Å². The normalized spacial score (nSPS) is 21.2. The maximum atomic E-state index is 12.6. The zero-order valence-electron chi connectivity index (χ0n) is 15.7. The highest BCUT2D eigenvalue weighted by atomic mass is 33.1. The summed E-state index contributed by atoms with van der Waals surface area (Å²) in [5, 5.41) is 5.37. The van der Waals surface area contributed by atoms with Gasteiger partial charge in [-0.2, -0.15) is 0 Å². The first-order valence-electron chi connectivity index (χ1n) is 9.19. The molecule has 0 aromatic heterocycles. The maximum absolute atomic E-state index is 12.6. The van der Waals surface area contributed by atoms with Gasteiger partial charge in [-0.25, -0.2) is 19.4 Å². The lowest BCUT2D eigenvalue weighted by atomic mass is 10.3. The predicted molar refractivity (Wildman–Crippen MR) is 117 cm³/mol. The van der Waals surface area contributed by atoms with Gasteiger partial charge in [-0.15, -0.1) is 0 Å². The lowest BCUT2D eigenvalue weighted by Crippen LogP contribution is -2.33. The molecule has 2 saturated heterocycles. The number of nitrogens with one attached hydrogen (secondary N) is 2. The molecule has 30 heavy (non-hydrogen) atoms. The number of hydrogen-bond donors (Lipinski definition) is 2. The highest BCUT2D eigenvalue weighted by Crippen LogP contribution is 2.28. The van der Waals surface area contributed by atoms with Crippen molar-refractivity contribution in [2.24, 2.45) is 0 Å². The SMILES string of the molecule is O=C1NC(CSSCC2NC(=O)N(c3ccccc3)C2=O)C(=O)N1c1ccccc1. The van der Waals surface area contributed by atoms with Crippen molar-refractivity contribution < 1.29 is 19.2 Å². The van der Waals surface area contributed by atoms with Gasteiger partial charge in [0.05, 0.1) is 11.4 Å². The molecule has 154 valence electrons. The van der Waals surface area contributed by atoms with Crippen LogP contribution in [0.15, 0.2) is 60.7 Å². The molecule has 0 bridgehead atoms. The van der Waals surface area contributed by atoms with Crippen LogP contribution < -0.4 is 20.4 Å². The quantitative estimate of drug-likeness (QED) is 0.389. The second-order valence-corrected chi connectivity index (χ2v) is 9.14.